The summed E-state index contributed by atoms with van der Waals surface area (Å²) in [5.74, 6) is 0.488. The molecule has 0 unspecified atom stereocenters. The first kappa shape index (κ1) is 17.2. The van der Waals surface area contributed by atoms with Gasteiger partial charge in [0.25, 0.3) is 0 Å². The van der Waals surface area contributed by atoms with Gasteiger partial charge in [0.2, 0.25) is 0 Å². The second-order valence-electron chi connectivity index (χ2n) is 4.84. The largest absolute Gasteiger partial charge is 0.491 e. The molecule has 1 aromatic carbocycles. The molecule has 1 aromatic rings. The van der Waals surface area contributed by atoms with Gasteiger partial charge >= 0.3 is 5.97 Å². The molecule has 0 fully saturated rings. The zero-order valence-corrected chi connectivity index (χ0v) is 12.8. The minimum absolute atomic E-state index is 0.0117. The first-order valence-electron chi connectivity index (χ1n) is 6.99. The van der Waals surface area contributed by atoms with Crippen LogP contribution in [0, 0.1) is 5.92 Å². The summed E-state index contributed by atoms with van der Waals surface area (Å²) < 4.78 is 15.5. The summed E-state index contributed by atoms with van der Waals surface area (Å²) in [6.45, 7) is 6.52. The number of hydrogen-bond acceptors (Lipinski definition) is 5. The lowest BCUT2D eigenvalue weighted by Crippen LogP contribution is -2.12. The van der Waals surface area contributed by atoms with Gasteiger partial charge in [0.05, 0.1) is 13.2 Å². The van der Waals surface area contributed by atoms with Crippen LogP contribution in [0.1, 0.15) is 31.1 Å². The van der Waals surface area contributed by atoms with Gasteiger partial charge in [-0.2, -0.15) is 0 Å². The number of ketones is 1. The highest BCUT2D eigenvalue weighted by Gasteiger charge is 2.09. The Morgan fingerprint density at radius 3 is 2.19 bits per heavy atom. The second-order valence-corrected chi connectivity index (χ2v) is 4.84. The minimum atomic E-state index is -0.314. The molecule has 116 valence electrons. The number of ether oxygens (including phenoxy) is 3. The third-order valence-electron chi connectivity index (χ3n) is 2.69. The van der Waals surface area contributed by atoms with Gasteiger partial charge in [-0.05, 0) is 24.3 Å². The van der Waals surface area contributed by atoms with Crippen molar-refractivity contribution < 1.29 is 23.8 Å². The molecule has 0 saturated heterocycles. The smallest absolute Gasteiger partial charge is 0.302 e. The number of benzene rings is 1. The van der Waals surface area contributed by atoms with Crippen LogP contribution >= 0.6 is 0 Å². The quantitative estimate of drug-likeness (QED) is 0.398. The third-order valence-corrected chi connectivity index (χ3v) is 2.69. The topological polar surface area (TPSA) is 61.8 Å². The fraction of sp³-hybridized carbons (Fsp3) is 0.500. The Morgan fingerprint density at radius 1 is 1.00 bits per heavy atom. The van der Waals surface area contributed by atoms with E-state index in [0.717, 1.165) is 0 Å². The number of carbonyl (C=O) groups excluding carboxylic acids is 2. The molecule has 0 aliphatic rings. The van der Waals surface area contributed by atoms with Gasteiger partial charge in [-0.15, -0.1) is 0 Å². The van der Waals surface area contributed by atoms with Crippen LogP contribution in [0.15, 0.2) is 24.3 Å². The van der Waals surface area contributed by atoms with Crippen LogP contribution < -0.4 is 4.74 Å². The maximum atomic E-state index is 11.8. The van der Waals surface area contributed by atoms with E-state index in [-0.39, 0.29) is 24.3 Å². The lowest BCUT2D eigenvalue weighted by atomic mass is 10.0. The molecule has 21 heavy (non-hydrogen) atoms. The van der Waals surface area contributed by atoms with E-state index in [2.05, 4.69) is 0 Å². The molecular formula is C16H22O5. The summed E-state index contributed by atoms with van der Waals surface area (Å²) in [5.41, 5.74) is 0.690. The van der Waals surface area contributed by atoms with Gasteiger partial charge in [0, 0.05) is 18.4 Å². The fourth-order valence-corrected chi connectivity index (χ4v) is 1.61. The van der Waals surface area contributed by atoms with Crippen molar-refractivity contribution in [2.45, 2.75) is 20.8 Å². The molecule has 0 bridgehead atoms. The van der Waals surface area contributed by atoms with E-state index in [9.17, 15) is 9.59 Å². The van der Waals surface area contributed by atoms with Crippen molar-refractivity contribution in [1.82, 2.24) is 0 Å². The van der Waals surface area contributed by atoms with Crippen molar-refractivity contribution in [1.29, 1.82) is 0 Å². The van der Waals surface area contributed by atoms with E-state index >= 15 is 0 Å². The standard InChI is InChI=1S/C16H22O5/c1-12(2)16(18)14-4-6-15(7-5-14)21-11-9-19-8-10-20-13(3)17/h4-7,12H,8-11H2,1-3H3. The lowest BCUT2D eigenvalue weighted by molar-refractivity contribution is -0.142. The van der Waals surface area contributed by atoms with Crippen molar-refractivity contribution in [3.63, 3.8) is 0 Å². The highest BCUT2D eigenvalue weighted by Crippen LogP contribution is 2.15. The zero-order valence-electron chi connectivity index (χ0n) is 12.8. The second kappa shape index (κ2) is 9.13. The van der Waals surface area contributed by atoms with E-state index in [0.29, 0.717) is 31.1 Å². The molecule has 0 aliphatic carbocycles. The number of esters is 1. The molecule has 0 heterocycles. The summed E-state index contributed by atoms with van der Waals surface area (Å²) in [5, 5.41) is 0. The van der Waals surface area contributed by atoms with E-state index in [4.69, 9.17) is 14.2 Å². The highest BCUT2D eigenvalue weighted by atomic mass is 16.6. The summed E-state index contributed by atoms with van der Waals surface area (Å²) in [6.07, 6.45) is 0. The Kier molecular flexibility index (Phi) is 7.46. The van der Waals surface area contributed by atoms with E-state index in [1.54, 1.807) is 24.3 Å². The van der Waals surface area contributed by atoms with Crippen LogP contribution in [0.25, 0.3) is 0 Å². The SMILES string of the molecule is CC(=O)OCCOCCOc1ccc(C(=O)C(C)C)cc1. The molecule has 5 heteroatoms. The van der Waals surface area contributed by atoms with Gasteiger partial charge in [-0.3, -0.25) is 9.59 Å². The molecule has 0 amide bonds. The molecule has 0 spiro atoms. The van der Waals surface area contributed by atoms with E-state index in [1.807, 2.05) is 13.8 Å². The predicted molar refractivity (Wildman–Crippen MR) is 78.6 cm³/mol. The Hall–Kier alpha value is -1.88. The van der Waals surface area contributed by atoms with Crippen LogP contribution in [0.2, 0.25) is 0 Å². The Labute approximate surface area is 125 Å². The van der Waals surface area contributed by atoms with Gasteiger partial charge < -0.3 is 14.2 Å². The average molecular weight is 294 g/mol. The maximum Gasteiger partial charge on any atom is 0.302 e. The van der Waals surface area contributed by atoms with E-state index in [1.165, 1.54) is 6.92 Å². The van der Waals surface area contributed by atoms with Crippen molar-refractivity contribution >= 4 is 11.8 Å². The van der Waals surface area contributed by atoms with Crippen LogP contribution in [0.4, 0.5) is 0 Å². The molecular weight excluding hydrogens is 272 g/mol. The number of rotatable bonds is 9. The summed E-state index contributed by atoms with van der Waals surface area (Å²) >= 11 is 0. The predicted octanol–water partition coefficient (Wildman–Crippen LogP) is 2.48. The maximum absolute atomic E-state index is 11.8. The summed E-state index contributed by atoms with van der Waals surface area (Å²) in [7, 11) is 0. The molecule has 0 saturated carbocycles. The lowest BCUT2D eigenvalue weighted by Gasteiger charge is -2.08. The summed E-state index contributed by atoms with van der Waals surface area (Å²) in [6, 6.07) is 7.07. The number of carbonyl (C=O) groups is 2. The van der Waals surface area contributed by atoms with Crippen LogP contribution in [-0.2, 0) is 14.3 Å². The molecule has 5 nitrogen and oxygen atoms in total. The molecule has 0 radical (unpaired) electrons. The van der Waals surface area contributed by atoms with Crippen LogP contribution in [0.5, 0.6) is 5.75 Å². The Bertz CT molecular complexity index is 450. The van der Waals surface area contributed by atoms with Gasteiger partial charge in [0.1, 0.15) is 19.0 Å². The van der Waals surface area contributed by atoms with Gasteiger partial charge in [-0.25, -0.2) is 0 Å². The molecule has 0 atom stereocenters. The van der Waals surface area contributed by atoms with Gasteiger partial charge in [-0.1, -0.05) is 13.8 Å². The van der Waals surface area contributed by atoms with Crippen LogP contribution in [-0.4, -0.2) is 38.2 Å². The summed E-state index contributed by atoms with van der Waals surface area (Å²) in [4.78, 5) is 22.3. The number of hydrogen-bond donors (Lipinski definition) is 0. The monoisotopic (exact) mass is 294 g/mol. The Balaban J connectivity index is 2.21. The van der Waals surface area contributed by atoms with Gasteiger partial charge in [0.15, 0.2) is 5.78 Å². The normalized spacial score (nSPS) is 10.5. The minimum Gasteiger partial charge on any atom is -0.491 e. The molecule has 0 N–H and O–H groups in total. The first-order chi connectivity index (χ1) is 10.0. The van der Waals surface area contributed by atoms with Crippen molar-refractivity contribution in [2.75, 3.05) is 26.4 Å². The van der Waals surface area contributed by atoms with E-state index < -0.39 is 0 Å². The van der Waals surface area contributed by atoms with Crippen molar-refractivity contribution in [3.8, 4) is 5.75 Å². The van der Waals surface area contributed by atoms with Crippen LogP contribution in [0.3, 0.4) is 0 Å². The molecule has 0 aromatic heterocycles. The zero-order chi connectivity index (χ0) is 15.7. The average Bonchev–Trinajstić information content (AvgIpc) is 2.45. The molecule has 0 aliphatic heterocycles. The number of Topliss-reactive ketones (excluding diaryl/α,β-unsaturated/α-hetero) is 1. The van der Waals surface area contributed by atoms with Crippen molar-refractivity contribution in [2.24, 2.45) is 5.92 Å². The molecule has 1 rings (SSSR count). The third kappa shape index (κ3) is 6.90. The highest BCUT2D eigenvalue weighted by molar-refractivity contribution is 5.97. The van der Waals surface area contributed by atoms with Crippen molar-refractivity contribution in [3.05, 3.63) is 29.8 Å². The first-order valence-corrected chi connectivity index (χ1v) is 6.99. The fourth-order valence-electron chi connectivity index (χ4n) is 1.61. The Morgan fingerprint density at radius 2 is 1.62 bits per heavy atom.